The molecule has 2 aromatic carbocycles. The van der Waals surface area contributed by atoms with Crippen LogP contribution >= 0.6 is 0 Å². The van der Waals surface area contributed by atoms with Crippen LogP contribution < -0.4 is 0 Å². The summed E-state index contributed by atoms with van der Waals surface area (Å²) in [6.07, 6.45) is 3.64. The maximum Gasteiger partial charge on any atom is 0.129 e. The lowest BCUT2D eigenvalue weighted by molar-refractivity contribution is -0.0424. The van der Waals surface area contributed by atoms with Crippen molar-refractivity contribution >= 4 is 0 Å². The van der Waals surface area contributed by atoms with Gasteiger partial charge in [0.1, 0.15) is 5.82 Å². The SMILES string of the molecule is OC1(c2ccccc2F)C2CCC1Cc1ccccc1C2. The van der Waals surface area contributed by atoms with Crippen LogP contribution in [0.4, 0.5) is 4.39 Å². The molecule has 0 aromatic heterocycles. The second-order valence-corrected chi connectivity index (χ2v) is 6.45. The number of aliphatic hydroxyl groups is 1. The molecule has 0 radical (unpaired) electrons. The summed E-state index contributed by atoms with van der Waals surface area (Å²) in [6, 6.07) is 15.2. The fourth-order valence-corrected chi connectivity index (χ4v) is 4.40. The van der Waals surface area contributed by atoms with E-state index in [1.54, 1.807) is 12.1 Å². The monoisotopic (exact) mass is 282 g/mol. The normalized spacial score (nSPS) is 30.8. The van der Waals surface area contributed by atoms with Gasteiger partial charge in [-0.15, -0.1) is 0 Å². The smallest absolute Gasteiger partial charge is 0.129 e. The molecule has 0 saturated heterocycles. The van der Waals surface area contributed by atoms with E-state index in [2.05, 4.69) is 24.3 Å². The molecule has 2 aliphatic carbocycles. The van der Waals surface area contributed by atoms with Gasteiger partial charge in [0.25, 0.3) is 0 Å². The van der Waals surface area contributed by atoms with Crippen LogP contribution in [0.3, 0.4) is 0 Å². The third kappa shape index (κ3) is 1.86. The van der Waals surface area contributed by atoms with Crippen molar-refractivity contribution in [2.75, 3.05) is 0 Å². The molecule has 1 saturated carbocycles. The molecule has 0 amide bonds. The number of rotatable bonds is 1. The van der Waals surface area contributed by atoms with Gasteiger partial charge in [-0.3, -0.25) is 0 Å². The quantitative estimate of drug-likeness (QED) is 0.842. The number of fused-ring (bicyclic) bond motifs is 3. The number of halogens is 1. The highest BCUT2D eigenvalue weighted by molar-refractivity contribution is 5.36. The van der Waals surface area contributed by atoms with E-state index in [0.717, 1.165) is 25.7 Å². The summed E-state index contributed by atoms with van der Waals surface area (Å²) >= 11 is 0. The summed E-state index contributed by atoms with van der Waals surface area (Å²) in [7, 11) is 0. The highest BCUT2D eigenvalue weighted by Gasteiger charge is 2.52. The second-order valence-electron chi connectivity index (χ2n) is 6.45. The topological polar surface area (TPSA) is 20.2 Å². The minimum absolute atomic E-state index is 0.114. The van der Waals surface area contributed by atoms with Gasteiger partial charge in [0.05, 0.1) is 5.60 Å². The molecule has 2 heteroatoms. The van der Waals surface area contributed by atoms with E-state index >= 15 is 0 Å². The molecule has 0 spiro atoms. The molecule has 21 heavy (non-hydrogen) atoms. The minimum atomic E-state index is -1.02. The summed E-state index contributed by atoms with van der Waals surface area (Å²) in [5.74, 6) is -0.0473. The molecule has 0 heterocycles. The summed E-state index contributed by atoms with van der Waals surface area (Å²) < 4.78 is 14.3. The Morgan fingerprint density at radius 1 is 0.857 bits per heavy atom. The third-order valence-corrected chi connectivity index (χ3v) is 5.46. The molecule has 2 atom stereocenters. The van der Waals surface area contributed by atoms with Gasteiger partial charge in [-0.2, -0.15) is 0 Å². The van der Waals surface area contributed by atoms with Crippen molar-refractivity contribution in [3.05, 3.63) is 71.0 Å². The van der Waals surface area contributed by atoms with Crippen LogP contribution in [-0.4, -0.2) is 5.11 Å². The lowest BCUT2D eigenvalue weighted by Crippen LogP contribution is -2.38. The maximum atomic E-state index is 14.3. The zero-order valence-corrected chi connectivity index (χ0v) is 11.9. The van der Waals surface area contributed by atoms with Gasteiger partial charge in [0, 0.05) is 5.56 Å². The molecule has 108 valence electrons. The maximum absolute atomic E-state index is 14.3. The van der Waals surface area contributed by atoms with Crippen LogP contribution in [0.15, 0.2) is 48.5 Å². The van der Waals surface area contributed by atoms with Crippen molar-refractivity contribution in [3.63, 3.8) is 0 Å². The molecule has 2 unspecified atom stereocenters. The molecule has 0 aliphatic heterocycles. The van der Waals surface area contributed by atoms with Crippen molar-refractivity contribution in [1.82, 2.24) is 0 Å². The number of hydrogen-bond acceptors (Lipinski definition) is 1. The minimum Gasteiger partial charge on any atom is -0.384 e. The summed E-state index contributed by atoms with van der Waals surface area (Å²) in [5, 5.41) is 11.4. The molecular weight excluding hydrogens is 263 g/mol. The Hall–Kier alpha value is -1.67. The molecule has 2 aromatic rings. The van der Waals surface area contributed by atoms with E-state index in [4.69, 9.17) is 0 Å². The average molecular weight is 282 g/mol. The van der Waals surface area contributed by atoms with Crippen molar-refractivity contribution in [1.29, 1.82) is 0 Å². The Morgan fingerprint density at radius 3 is 1.95 bits per heavy atom. The van der Waals surface area contributed by atoms with E-state index < -0.39 is 5.60 Å². The van der Waals surface area contributed by atoms with E-state index in [0.29, 0.717) is 5.56 Å². The summed E-state index contributed by atoms with van der Waals surface area (Å²) in [5.41, 5.74) is 2.11. The lowest BCUT2D eigenvalue weighted by atomic mass is 9.77. The Morgan fingerprint density at radius 2 is 1.38 bits per heavy atom. The number of hydrogen-bond donors (Lipinski definition) is 1. The van der Waals surface area contributed by atoms with Gasteiger partial charge in [-0.05, 0) is 54.7 Å². The van der Waals surface area contributed by atoms with E-state index in [9.17, 15) is 9.50 Å². The largest absolute Gasteiger partial charge is 0.384 e. The third-order valence-electron chi connectivity index (χ3n) is 5.46. The Balaban J connectivity index is 1.84. The molecular formula is C19H19FO. The van der Waals surface area contributed by atoms with Crippen molar-refractivity contribution < 1.29 is 9.50 Å². The van der Waals surface area contributed by atoms with Gasteiger partial charge in [0.2, 0.25) is 0 Å². The fourth-order valence-electron chi connectivity index (χ4n) is 4.40. The highest BCUT2D eigenvalue weighted by Crippen LogP contribution is 2.53. The van der Waals surface area contributed by atoms with Crippen LogP contribution in [0.2, 0.25) is 0 Å². The zero-order chi connectivity index (χ0) is 14.4. The molecule has 1 nitrogen and oxygen atoms in total. The lowest BCUT2D eigenvalue weighted by Gasteiger charge is -2.34. The van der Waals surface area contributed by atoms with Gasteiger partial charge >= 0.3 is 0 Å². The van der Waals surface area contributed by atoms with E-state index in [-0.39, 0.29) is 17.7 Å². The highest BCUT2D eigenvalue weighted by atomic mass is 19.1. The first kappa shape index (κ1) is 13.0. The average Bonchev–Trinajstić information content (AvgIpc) is 2.71. The second kappa shape index (κ2) is 4.67. The standard InChI is InChI=1S/C19H19FO/c20-18-8-4-3-7-17(18)19(21)15-9-10-16(19)12-14-6-2-1-5-13(14)11-15/h1-8,15-16,21H,9-12H2. The van der Waals surface area contributed by atoms with Crippen molar-refractivity contribution in [2.45, 2.75) is 31.3 Å². The van der Waals surface area contributed by atoms with Crippen LogP contribution in [0.1, 0.15) is 29.5 Å². The van der Waals surface area contributed by atoms with Gasteiger partial charge in [-0.25, -0.2) is 4.39 Å². The van der Waals surface area contributed by atoms with Crippen LogP contribution in [-0.2, 0) is 18.4 Å². The van der Waals surface area contributed by atoms with Crippen molar-refractivity contribution in [3.8, 4) is 0 Å². The predicted molar refractivity (Wildman–Crippen MR) is 80.4 cm³/mol. The van der Waals surface area contributed by atoms with Crippen LogP contribution in [0, 0.1) is 17.7 Å². The molecule has 2 aliphatic rings. The first-order valence-electron chi connectivity index (χ1n) is 7.73. The van der Waals surface area contributed by atoms with Gasteiger partial charge < -0.3 is 5.11 Å². The summed E-state index contributed by atoms with van der Waals surface area (Å²) in [4.78, 5) is 0. The predicted octanol–water partition coefficient (Wildman–Crippen LogP) is 3.84. The van der Waals surface area contributed by atoms with Crippen LogP contribution in [0.25, 0.3) is 0 Å². The Kier molecular flexibility index (Phi) is 2.90. The van der Waals surface area contributed by atoms with Gasteiger partial charge in [-0.1, -0.05) is 42.5 Å². The molecule has 4 rings (SSSR count). The first-order valence-corrected chi connectivity index (χ1v) is 7.73. The van der Waals surface area contributed by atoms with Crippen LogP contribution in [0.5, 0.6) is 0 Å². The van der Waals surface area contributed by atoms with E-state index in [1.165, 1.54) is 17.2 Å². The molecule has 1 fully saturated rings. The number of benzene rings is 2. The fraction of sp³-hybridized carbons (Fsp3) is 0.368. The first-order chi connectivity index (χ1) is 10.2. The van der Waals surface area contributed by atoms with Gasteiger partial charge in [0.15, 0.2) is 0 Å². The molecule has 2 bridgehead atoms. The van der Waals surface area contributed by atoms with E-state index in [1.807, 2.05) is 6.07 Å². The zero-order valence-electron chi connectivity index (χ0n) is 11.9. The van der Waals surface area contributed by atoms with Crippen molar-refractivity contribution in [2.24, 2.45) is 11.8 Å². The summed E-state index contributed by atoms with van der Waals surface area (Å²) in [6.45, 7) is 0. The Bertz CT molecular complexity index is 646. The Labute approximate surface area is 124 Å². The molecule has 1 N–H and O–H groups in total.